The lowest BCUT2D eigenvalue weighted by molar-refractivity contribution is 0.216. The lowest BCUT2D eigenvalue weighted by Gasteiger charge is -2.34. The van der Waals surface area contributed by atoms with Gasteiger partial charge in [0, 0.05) is 23.4 Å². The molecule has 0 aromatic heterocycles. The fraction of sp³-hybridized carbons (Fsp3) is 0.174. The molecule has 1 aliphatic heterocycles. The van der Waals surface area contributed by atoms with Crippen LogP contribution >= 0.6 is 11.8 Å². The van der Waals surface area contributed by atoms with Gasteiger partial charge >= 0.3 is 6.03 Å². The molecule has 0 fully saturated rings. The lowest BCUT2D eigenvalue weighted by Crippen LogP contribution is -2.39. The SMILES string of the molecule is COc1ccc(CN(C)C(=O)N2c3ccccc3Sc3ccccc32)cc1OC. The monoisotopic (exact) mass is 406 g/mol. The van der Waals surface area contributed by atoms with Gasteiger partial charge in [0.05, 0.1) is 25.6 Å². The fourth-order valence-electron chi connectivity index (χ4n) is 3.40. The molecule has 148 valence electrons. The minimum absolute atomic E-state index is 0.0833. The van der Waals surface area contributed by atoms with Crippen LogP contribution < -0.4 is 14.4 Å². The highest BCUT2D eigenvalue weighted by Crippen LogP contribution is 2.48. The molecule has 0 bridgehead atoms. The Kier molecular flexibility index (Phi) is 5.36. The van der Waals surface area contributed by atoms with E-state index in [1.165, 1.54) is 0 Å². The van der Waals surface area contributed by atoms with Crippen molar-refractivity contribution >= 4 is 29.2 Å². The summed E-state index contributed by atoms with van der Waals surface area (Å²) in [6.07, 6.45) is 0. The molecule has 0 aliphatic carbocycles. The Labute approximate surface area is 174 Å². The average Bonchev–Trinajstić information content (AvgIpc) is 2.76. The quantitative estimate of drug-likeness (QED) is 0.569. The second-order valence-corrected chi connectivity index (χ2v) is 7.78. The first-order valence-electron chi connectivity index (χ1n) is 9.24. The molecule has 3 aromatic rings. The Morgan fingerprint density at radius 2 is 1.48 bits per heavy atom. The van der Waals surface area contributed by atoms with E-state index in [0.29, 0.717) is 18.0 Å². The van der Waals surface area contributed by atoms with Gasteiger partial charge in [-0.3, -0.25) is 4.90 Å². The second-order valence-electron chi connectivity index (χ2n) is 6.70. The molecular formula is C23H22N2O3S. The Morgan fingerprint density at radius 1 is 0.897 bits per heavy atom. The molecule has 0 atom stereocenters. The number of carbonyl (C=O) groups excluding carboxylic acids is 1. The number of hydrogen-bond acceptors (Lipinski definition) is 4. The largest absolute Gasteiger partial charge is 0.493 e. The Bertz CT molecular complexity index is 1010. The molecule has 3 aromatic carbocycles. The molecule has 0 unspecified atom stereocenters. The van der Waals surface area contributed by atoms with Gasteiger partial charge in [-0.25, -0.2) is 4.79 Å². The molecule has 2 amide bonds. The van der Waals surface area contributed by atoms with E-state index in [-0.39, 0.29) is 6.03 Å². The number of urea groups is 1. The zero-order valence-electron chi connectivity index (χ0n) is 16.6. The fourth-order valence-corrected chi connectivity index (χ4v) is 4.46. The van der Waals surface area contributed by atoms with Crippen LogP contribution in [-0.4, -0.2) is 32.2 Å². The molecule has 0 radical (unpaired) electrons. The normalized spacial score (nSPS) is 12.0. The van der Waals surface area contributed by atoms with Crippen molar-refractivity contribution in [3.8, 4) is 11.5 Å². The molecule has 1 heterocycles. The van der Waals surface area contributed by atoms with E-state index in [1.54, 1.807) is 35.8 Å². The highest BCUT2D eigenvalue weighted by Gasteiger charge is 2.29. The molecule has 0 spiro atoms. The molecule has 4 rings (SSSR count). The van der Waals surface area contributed by atoms with Crippen molar-refractivity contribution in [3.05, 3.63) is 72.3 Å². The number of carbonyl (C=O) groups is 1. The highest BCUT2D eigenvalue weighted by molar-refractivity contribution is 7.99. The van der Waals surface area contributed by atoms with E-state index in [1.807, 2.05) is 73.8 Å². The number of amides is 2. The van der Waals surface area contributed by atoms with Gasteiger partial charge in [0.15, 0.2) is 11.5 Å². The van der Waals surface area contributed by atoms with E-state index in [4.69, 9.17) is 9.47 Å². The number of methoxy groups -OCH3 is 2. The summed E-state index contributed by atoms with van der Waals surface area (Å²) in [4.78, 5) is 19.1. The van der Waals surface area contributed by atoms with E-state index in [2.05, 4.69) is 0 Å². The van der Waals surface area contributed by atoms with Gasteiger partial charge in [-0.15, -0.1) is 0 Å². The van der Waals surface area contributed by atoms with E-state index >= 15 is 0 Å². The zero-order valence-corrected chi connectivity index (χ0v) is 17.4. The van der Waals surface area contributed by atoms with E-state index in [0.717, 1.165) is 26.7 Å². The first kappa shape index (κ1) is 19.2. The Morgan fingerprint density at radius 3 is 2.07 bits per heavy atom. The van der Waals surface area contributed by atoms with Gasteiger partial charge in [0.1, 0.15) is 0 Å². The second kappa shape index (κ2) is 8.09. The van der Waals surface area contributed by atoms with Crippen molar-refractivity contribution in [2.45, 2.75) is 16.3 Å². The molecule has 0 saturated carbocycles. The summed E-state index contributed by atoms with van der Waals surface area (Å²) in [6.45, 7) is 0.452. The van der Waals surface area contributed by atoms with Crippen molar-refractivity contribution in [2.75, 3.05) is 26.2 Å². The molecule has 0 N–H and O–H groups in total. The maximum atomic E-state index is 13.5. The molecule has 29 heavy (non-hydrogen) atoms. The summed E-state index contributed by atoms with van der Waals surface area (Å²) in [7, 11) is 5.03. The number of anilines is 2. The number of ether oxygens (including phenoxy) is 2. The highest BCUT2D eigenvalue weighted by atomic mass is 32.2. The van der Waals surface area contributed by atoms with Gasteiger partial charge < -0.3 is 14.4 Å². The number of fused-ring (bicyclic) bond motifs is 2. The van der Waals surface area contributed by atoms with Gasteiger partial charge in [-0.2, -0.15) is 0 Å². The van der Waals surface area contributed by atoms with Crippen LogP contribution in [0.25, 0.3) is 0 Å². The summed E-state index contributed by atoms with van der Waals surface area (Å²) in [6, 6.07) is 21.6. The van der Waals surface area contributed by atoms with Crippen LogP contribution in [0.2, 0.25) is 0 Å². The first-order valence-corrected chi connectivity index (χ1v) is 10.1. The predicted molar refractivity (Wildman–Crippen MR) is 116 cm³/mol. The number of rotatable bonds is 4. The van der Waals surface area contributed by atoms with E-state index < -0.39 is 0 Å². The van der Waals surface area contributed by atoms with Crippen LogP contribution in [0.15, 0.2) is 76.5 Å². The number of para-hydroxylation sites is 2. The zero-order chi connectivity index (χ0) is 20.4. The molecule has 5 nitrogen and oxygen atoms in total. The third kappa shape index (κ3) is 3.63. The van der Waals surface area contributed by atoms with Crippen LogP contribution in [0.3, 0.4) is 0 Å². The van der Waals surface area contributed by atoms with E-state index in [9.17, 15) is 4.79 Å². The number of hydrogen-bond donors (Lipinski definition) is 0. The summed E-state index contributed by atoms with van der Waals surface area (Å²) in [5.74, 6) is 1.32. The van der Waals surface area contributed by atoms with Crippen LogP contribution in [0.5, 0.6) is 11.5 Å². The Balaban J connectivity index is 1.64. The van der Waals surface area contributed by atoms with Crippen molar-refractivity contribution < 1.29 is 14.3 Å². The summed E-state index contributed by atoms with van der Waals surface area (Å²) < 4.78 is 10.7. The maximum absolute atomic E-state index is 13.5. The smallest absolute Gasteiger partial charge is 0.329 e. The predicted octanol–water partition coefficient (Wildman–Crippen LogP) is 5.56. The van der Waals surface area contributed by atoms with Crippen LogP contribution in [0.4, 0.5) is 16.2 Å². The third-order valence-corrected chi connectivity index (χ3v) is 5.95. The maximum Gasteiger partial charge on any atom is 0.329 e. The number of benzene rings is 3. The molecule has 1 aliphatic rings. The van der Waals surface area contributed by atoms with Crippen LogP contribution in [0.1, 0.15) is 5.56 Å². The molecule has 0 saturated heterocycles. The molecule has 6 heteroatoms. The Hall–Kier alpha value is -3.12. The van der Waals surface area contributed by atoms with Gasteiger partial charge in [0.2, 0.25) is 0 Å². The minimum Gasteiger partial charge on any atom is -0.493 e. The lowest BCUT2D eigenvalue weighted by atomic mass is 10.2. The number of nitrogens with zero attached hydrogens (tertiary/aromatic N) is 2. The van der Waals surface area contributed by atoms with Gasteiger partial charge in [-0.05, 0) is 42.0 Å². The van der Waals surface area contributed by atoms with Gasteiger partial charge in [0.25, 0.3) is 0 Å². The topological polar surface area (TPSA) is 42.0 Å². The van der Waals surface area contributed by atoms with Gasteiger partial charge in [-0.1, -0.05) is 42.1 Å². The summed E-state index contributed by atoms with van der Waals surface area (Å²) in [5, 5.41) is 0. The summed E-state index contributed by atoms with van der Waals surface area (Å²) >= 11 is 1.69. The third-order valence-electron chi connectivity index (χ3n) is 4.82. The average molecular weight is 407 g/mol. The van der Waals surface area contributed by atoms with Crippen LogP contribution in [-0.2, 0) is 6.54 Å². The standard InChI is InChI=1S/C23H22N2O3S/c1-24(15-16-12-13-19(27-2)20(14-16)28-3)23(26)25-17-8-4-6-10-21(17)29-22-11-7-5-9-18(22)25/h4-14H,15H2,1-3H3. The molecular weight excluding hydrogens is 384 g/mol. The summed E-state index contributed by atoms with van der Waals surface area (Å²) in [5.41, 5.74) is 2.77. The first-order chi connectivity index (χ1) is 14.1. The van der Waals surface area contributed by atoms with Crippen molar-refractivity contribution in [3.63, 3.8) is 0 Å². The van der Waals surface area contributed by atoms with Crippen LogP contribution in [0, 0.1) is 0 Å². The van der Waals surface area contributed by atoms with Crippen molar-refractivity contribution in [2.24, 2.45) is 0 Å². The minimum atomic E-state index is -0.0833. The van der Waals surface area contributed by atoms with Crippen molar-refractivity contribution in [1.29, 1.82) is 0 Å². The van der Waals surface area contributed by atoms with Crippen molar-refractivity contribution in [1.82, 2.24) is 4.90 Å².